The van der Waals surface area contributed by atoms with E-state index in [0.29, 0.717) is 23.2 Å². The summed E-state index contributed by atoms with van der Waals surface area (Å²) in [5, 5.41) is 1.69. The molecule has 4 heteroatoms. The van der Waals surface area contributed by atoms with Gasteiger partial charge in [-0.15, -0.1) is 0 Å². The number of nitrogens with two attached hydrogens (primary N) is 1. The standard InChI is InChI=1S/C32H29N2O2/c1-2-3-5-11-22-18-19-26-29(20-22)34(28-17-10-16-27(30(26)28)32(33)36)21-24-14-8-9-15-25(24)31(35)23-12-6-4-7-13-23/h4,6-10,12-18,20H,2-3,5,11,21H2,1H3,(H2,33,36). The van der Waals surface area contributed by atoms with Crippen LogP contribution in [-0.4, -0.2) is 16.3 Å². The lowest BCUT2D eigenvalue weighted by atomic mass is 9.98. The molecule has 1 aromatic heterocycles. The molecular weight excluding hydrogens is 444 g/mol. The summed E-state index contributed by atoms with van der Waals surface area (Å²) in [5.41, 5.74) is 11.6. The number of fused-ring (bicyclic) bond motifs is 3. The second-order valence-electron chi connectivity index (χ2n) is 9.23. The minimum absolute atomic E-state index is 0.00314. The van der Waals surface area contributed by atoms with Gasteiger partial charge in [0.05, 0.1) is 11.0 Å². The van der Waals surface area contributed by atoms with E-state index in [0.717, 1.165) is 40.2 Å². The first-order valence-electron chi connectivity index (χ1n) is 12.5. The van der Waals surface area contributed by atoms with Crippen LogP contribution in [0.3, 0.4) is 0 Å². The average Bonchev–Trinajstić information content (AvgIpc) is 3.22. The molecule has 179 valence electrons. The van der Waals surface area contributed by atoms with Crippen LogP contribution in [0.1, 0.15) is 63.6 Å². The molecule has 0 saturated heterocycles. The van der Waals surface area contributed by atoms with Crippen molar-refractivity contribution in [3.05, 3.63) is 119 Å². The summed E-state index contributed by atoms with van der Waals surface area (Å²) >= 11 is 0. The molecule has 4 nitrogen and oxygen atoms in total. The molecule has 2 N–H and O–H groups in total. The van der Waals surface area contributed by atoms with Gasteiger partial charge in [0.1, 0.15) is 0 Å². The Morgan fingerprint density at radius 1 is 0.861 bits per heavy atom. The Bertz CT molecular complexity index is 1560. The van der Waals surface area contributed by atoms with Crippen molar-refractivity contribution < 1.29 is 9.59 Å². The molecular formula is C32H29N2O2. The monoisotopic (exact) mass is 473 g/mol. The lowest BCUT2D eigenvalue weighted by Crippen LogP contribution is -2.11. The molecule has 0 fully saturated rings. The fourth-order valence-corrected chi connectivity index (χ4v) is 4.99. The third kappa shape index (κ3) is 4.42. The SMILES string of the molecule is CCCCCc1c[c]c2c3c(C(N)=O)cccc3n(Cc3ccccc3C(=O)c3ccccc3)c2c1. The van der Waals surface area contributed by atoms with Gasteiger partial charge in [-0.1, -0.05) is 86.5 Å². The fraction of sp³-hybridized carbons (Fsp3) is 0.188. The van der Waals surface area contributed by atoms with E-state index in [-0.39, 0.29) is 5.78 Å². The number of aryl methyl sites for hydroxylation is 1. The summed E-state index contributed by atoms with van der Waals surface area (Å²) in [4.78, 5) is 25.7. The number of amides is 1. The van der Waals surface area contributed by atoms with E-state index in [1.165, 1.54) is 18.4 Å². The summed E-state index contributed by atoms with van der Waals surface area (Å²) in [6.45, 7) is 2.69. The first kappa shape index (κ1) is 23.6. The highest BCUT2D eigenvalue weighted by Crippen LogP contribution is 2.33. The minimum Gasteiger partial charge on any atom is -0.366 e. The van der Waals surface area contributed by atoms with Gasteiger partial charge in [0.15, 0.2) is 5.78 Å². The number of carbonyl (C=O) groups is 2. The predicted molar refractivity (Wildman–Crippen MR) is 145 cm³/mol. The number of unbranched alkanes of at least 4 members (excludes halogenated alkanes) is 2. The third-order valence-electron chi connectivity index (χ3n) is 6.82. The number of hydrogen-bond donors (Lipinski definition) is 1. The molecule has 1 radical (unpaired) electrons. The Hall–Kier alpha value is -4.18. The van der Waals surface area contributed by atoms with E-state index >= 15 is 0 Å². The average molecular weight is 474 g/mol. The molecule has 0 saturated carbocycles. The number of hydrogen-bond acceptors (Lipinski definition) is 2. The van der Waals surface area contributed by atoms with Gasteiger partial charge in [0.2, 0.25) is 5.91 Å². The van der Waals surface area contributed by atoms with Gasteiger partial charge in [-0.05, 0) is 48.2 Å². The summed E-state index contributed by atoms with van der Waals surface area (Å²) in [7, 11) is 0. The van der Waals surface area contributed by atoms with Gasteiger partial charge in [0, 0.05) is 34.0 Å². The smallest absolute Gasteiger partial charge is 0.249 e. The number of nitrogens with zero attached hydrogens (tertiary/aromatic N) is 1. The molecule has 0 bridgehead atoms. The molecule has 0 aliphatic heterocycles. The quantitative estimate of drug-likeness (QED) is 0.191. The minimum atomic E-state index is -0.459. The molecule has 5 rings (SSSR count). The van der Waals surface area contributed by atoms with Crippen LogP contribution in [0, 0.1) is 6.07 Å². The van der Waals surface area contributed by atoms with Crippen LogP contribution in [-0.2, 0) is 13.0 Å². The highest BCUT2D eigenvalue weighted by molar-refractivity contribution is 6.18. The zero-order valence-corrected chi connectivity index (χ0v) is 20.5. The van der Waals surface area contributed by atoms with Crippen molar-refractivity contribution in [3.63, 3.8) is 0 Å². The van der Waals surface area contributed by atoms with Crippen LogP contribution in [0.5, 0.6) is 0 Å². The Morgan fingerprint density at radius 2 is 1.61 bits per heavy atom. The first-order chi connectivity index (χ1) is 17.6. The van der Waals surface area contributed by atoms with Gasteiger partial charge in [-0.2, -0.15) is 0 Å². The molecule has 0 atom stereocenters. The number of carbonyl (C=O) groups excluding carboxylic acids is 2. The molecule has 0 aliphatic carbocycles. The molecule has 36 heavy (non-hydrogen) atoms. The fourth-order valence-electron chi connectivity index (χ4n) is 4.99. The lowest BCUT2D eigenvalue weighted by Gasteiger charge is -2.13. The van der Waals surface area contributed by atoms with E-state index in [1.54, 1.807) is 6.07 Å². The Morgan fingerprint density at radius 3 is 2.39 bits per heavy atom. The van der Waals surface area contributed by atoms with Crippen molar-refractivity contribution in [2.75, 3.05) is 0 Å². The molecule has 1 heterocycles. The van der Waals surface area contributed by atoms with Crippen molar-refractivity contribution in [2.24, 2.45) is 5.73 Å². The van der Waals surface area contributed by atoms with E-state index < -0.39 is 5.91 Å². The molecule has 1 amide bonds. The van der Waals surface area contributed by atoms with E-state index in [2.05, 4.69) is 23.6 Å². The van der Waals surface area contributed by atoms with E-state index in [9.17, 15) is 9.59 Å². The molecule has 0 spiro atoms. The highest BCUT2D eigenvalue weighted by Gasteiger charge is 2.19. The first-order valence-corrected chi connectivity index (χ1v) is 12.5. The van der Waals surface area contributed by atoms with Crippen molar-refractivity contribution in [1.82, 2.24) is 4.57 Å². The largest absolute Gasteiger partial charge is 0.366 e. The van der Waals surface area contributed by atoms with Gasteiger partial charge < -0.3 is 10.3 Å². The third-order valence-corrected chi connectivity index (χ3v) is 6.82. The van der Waals surface area contributed by atoms with Crippen LogP contribution in [0.15, 0.2) is 84.9 Å². The van der Waals surface area contributed by atoms with Crippen LogP contribution < -0.4 is 5.73 Å². The number of primary amides is 1. The Kier molecular flexibility index (Phi) is 6.68. The predicted octanol–water partition coefficient (Wildman–Crippen LogP) is 6.71. The summed E-state index contributed by atoms with van der Waals surface area (Å²) < 4.78 is 2.19. The van der Waals surface area contributed by atoms with Gasteiger partial charge in [-0.25, -0.2) is 0 Å². The second kappa shape index (κ2) is 10.2. The highest BCUT2D eigenvalue weighted by atomic mass is 16.1. The molecule has 4 aromatic carbocycles. The van der Waals surface area contributed by atoms with Gasteiger partial charge >= 0.3 is 0 Å². The summed E-state index contributed by atoms with van der Waals surface area (Å²) in [5.74, 6) is -0.462. The van der Waals surface area contributed by atoms with E-state index in [4.69, 9.17) is 5.73 Å². The Balaban J connectivity index is 1.67. The number of ketones is 1. The summed E-state index contributed by atoms with van der Waals surface area (Å²) in [6.07, 6.45) is 4.45. The van der Waals surface area contributed by atoms with Crippen molar-refractivity contribution >= 4 is 33.5 Å². The Labute approximate surface area is 211 Å². The zero-order valence-electron chi connectivity index (χ0n) is 20.5. The maximum absolute atomic E-state index is 13.4. The zero-order chi connectivity index (χ0) is 25.1. The molecule has 5 aromatic rings. The lowest BCUT2D eigenvalue weighted by molar-refractivity contribution is 0.1000. The summed E-state index contributed by atoms with van der Waals surface area (Å²) in [6, 6.07) is 30.4. The van der Waals surface area contributed by atoms with Crippen molar-refractivity contribution in [3.8, 4) is 0 Å². The van der Waals surface area contributed by atoms with Gasteiger partial charge in [0.25, 0.3) is 0 Å². The molecule has 0 unspecified atom stereocenters. The number of aromatic nitrogens is 1. The maximum atomic E-state index is 13.4. The van der Waals surface area contributed by atoms with Crippen LogP contribution in [0.2, 0.25) is 0 Å². The second-order valence-corrected chi connectivity index (χ2v) is 9.23. The number of rotatable bonds is 9. The van der Waals surface area contributed by atoms with Crippen molar-refractivity contribution in [2.45, 2.75) is 39.2 Å². The molecule has 0 aliphatic rings. The topological polar surface area (TPSA) is 65.1 Å². The number of benzene rings is 4. The van der Waals surface area contributed by atoms with Crippen LogP contribution in [0.25, 0.3) is 21.8 Å². The normalized spacial score (nSPS) is 11.2. The van der Waals surface area contributed by atoms with Gasteiger partial charge in [-0.3, -0.25) is 9.59 Å². The maximum Gasteiger partial charge on any atom is 0.249 e. The van der Waals surface area contributed by atoms with E-state index in [1.807, 2.05) is 72.8 Å². The van der Waals surface area contributed by atoms with Crippen LogP contribution in [0.4, 0.5) is 0 Å². The van der Waals surface area contributed by atoms with Crippen LogP contribution >= 0.6 is 0 Å². The van der Waals surface area contributed by atoms with Crippen molar-refractivity contribution in [1.29, 1.82) is 0 Å².